The smallest absolute Gasteiger partial charge is 0.316 e. The van der Waals surface area contributed by atoms with Crippen LogP contribution >= 0.6 is 0 Å². The minimum atomic E-state index is -0.821. The van der Waals surface area contributed by atoms with E-state index in [4.69, 9.17) is 14.2 Å². The standard InChI is InChI=1S/C21H30O5/c1-8-16(25-18(22)20(2,3)4)17(26-19(23)21(5,6)7)14-24-15-12-10-9-11-13-15/h8-13,17H,14H2,1-7H3/b16-8-. The summed E-state index contributed by atoms with van der Waals surface area (Å²) >= 11 is 0. The quantitative estimate of drug-likeness (QED) is 0.550. The zero-order valence-corrected chi connectivity index (χ0v) is 16.8. The van der Waals surface area contributed by atoms with E-state index in [0.717, 1.165) is 0 Å². The highest BCUT2D eigenvalue weighted by atomic mass is 16.6. The predicted octanol–water partition coefficient (Wildman–Crippen LogP) is 4.52. The third-order valence-corrected chi connectivity index (χ3v) is 3.43. The molecule has 0 heterocycles. The van der Waals surface area contributed by atoms with Crippen LogP contribution < -0.4 is 4.74 Å². The van der Waals surface area contributed by atoms with Gasteiger partial charge in [0.1, 0.15) is 18.1 Å². The van der Waals surface area contributed by atoms with Crippen molar-refractivity contribution in [2.24, 2.45) is 10.8 Å². The molecule has 0 bridgehead atoms. The average Bonchev–Trinajstić information content (AvgIpc) is 2.55. The van der Waals surface area contributed by atoms with E-state index in [1.54, 1.807) is 66.7 Å². The molecule has 1 aromatic rings. The normalized spacial score (nSPS) is 13.7. The molecule has 0 aliphatic carbocycles. The topological polar surface area (TPSA) is 61.8 Å². The van der Waals surface area contributed by atoms with Crippen LogP contribution in [0.1, 0.15) is 48.5 Å². The number of hydrogen-bond acceptors (Lipinski definition) is 5. The molecule has 0 N–H and O–H groups in total. The Morgan fingerprint density at radius 3 is 1.96 bits per heavy atom. The molecule has 1 aromatic carbocycles. The van der Waals surface area contributed by atoms with Gasteiger partial charge in [0.25, 0.3) is 0 Å². The van der Waals surface area contributed by atoms with Crippen LogP contribution in [-0.4, -0.2) is 24.6 Å². The number of carbonyl (C=O) groups is 2. The molecule has 1 rings (SSSR count). The Labute approximate surface area is 156 Å². The molecule has 0 fully saturated rings. The Hall–Kier alpha value is -2.30. The fourth-order valence-corrected chi connectivity index (χ4v) is 1.74. The SMILES string of the molecule is C/C=C(\OC(=O)C(C)(C)C)C(COc1ccccc1)OC(=O)C(C)(C)C. The molecule has 26 heavy (non-hydrogen) atoms. The molecule has 1 unspecified atom stereocenters. The van der Waals surface area contributed by atoms with Gasteiger partial charge in [-0.25, -0.2) is 0 Å². The first-order chi connectivity index (χ1) is 11.9. The number of carbonyl (C=O) groups excluding carboxylic acids is 2. The third kappa shape index (κ3) is 6.90. The van der Waals surface area contributed by atoms with Crippen molar-refractivity contribution in [2.75, 3.05) is 6.61 Å². The lowest BCUT2D eigenvalue weighted by Crippen LogP contribution is -2.35. The number of rotatable bonds is 6. The minimum Gasteiger partial charge on any atom is -0.489 e. The first-order valence-electron chi connectivity index (χ1n) is 8.72. The maximum atomic E-state index is 12.3. The lowest BCUT2D eigenvalue weighted by atomic mass is 9.97. The van der Waals surface area contributed by atoms with Gasteiger partial charge in [0.05, 0.1) is 10.8 Å². The van der Waals surface area contributed by atoms with Crippen LogP contribution in [0.5, 0.6) is 5.75 Å². The minimum absolute atomic E-state index is 0.0446. The first-order valence-corrected chi connectivity index (χ1v) is 8.72. The second kappa shape index (κ2) is 8.88. The Kier molecular flexibility index (Phi) is 7.42. The number of allylic oxidation sites excluding steroid dienone is 1. The van der Waals surface area contributed by atoms with Crippen LogP contribution in [0.3, 0.4) is 0 Å². The van der Waals surface area contributed by atoms with Crippen LogP contribution in [0.25, 0.3) is 0 Å². The average molecular weight is 362 g/mol. The molecular weight excluding hydrogens is 332 g/mol. The summed E-state index contributed by atoms with van der Waals surface area (Å²) in [5.74, 6) is 0.104. The van der Waals surface area contributed by atoms with Crippen molar-refractivity contribution in [3.63, 3.8) is 0 Å². The molecule has 5 heteroatoms. The summed E-state index contributed by atoms with van der Waals surface area (Å²) in [6.07, 6.45) is 0.803. The predicted molar refractivity (Wildman–Crippen MR) is 101 cm³/mol. The molecule has 0 aliphatic rings. The monoisotopic (exact) mass is 362 g/mol. The molecule has 5 nitrogen and oxygen atoms in total. The van der Waals surface area contributed by atoms with Crippen LogP contribution in [0.2, 0.25) is 0 Å². The van der Waals surface area contributed by atoms with Gasteiger partial charge in [-0.1, -0.05) is 18.2 Å². The highest BCUT2D eigenvalue weighted by molar-refractivity contribution is 5.77. The lowest BCUT2D eigenvalue weighted by Gasteiger charge is -2.26. The summed E-state index contributed by atoms with van der Waals surface area (Å²) < 4.78 is 16.8. The van der Waals surface area contributed by atoms with Crippen molar-refractivity contribution in [2.45, 2.75) is 54.6 Å². The van der Waals surface area contributed by atoms with Gasteiger partial charge in [-0.05, 0) is 66.7 Å². The zero-order chi connectivity index (χ0) is 20.0. The number of esters is 2. The van der Waals surface area contributed by atoms with Gasteiger partial charge in [-0.2, -0.15) is 0 Å². The van der Waals surface area contributed by atoms with Crippen LogP contribution in [-0.2, 0) is 19.1 Å². The Morgan fingerprint density at radius 1 is 0.962 bits per heavy atom. The molecule has 1 atom stereocenters. The van der Waals surface area contributed by atoms with Crippen molar-refractivity contribution in [1.82, 2.24) is 0 Å². The fraction of sp³-hybridized carbons (Fsp3) is 0.524. The number of para-hydroxylation sites is 1. The summed E-state index contributed by atoms with van der Waals surface area (Å²) in [6.45, 7) is 12.4. The molecule has 0 saturated carbocycles. The van der Waals surface area contributed by atoms with Crippen LogP contribution in [0.15, 0.2) is 42.2 Å². The summed E-state index contributed by atoms with van der Waals surface area (Å²) in [7, 11) is 0. The number of benzene rings is 1. The summed E-state index contributed by atoms with van der Waals surface area (Å²) in [6, 6.07) is 9.19. The highest BCUT2D eigenvalue weighted by Gasteiger charge is 2.32. The van der Waals surface area contributed by atoms with Crippen molar-refractivity contribution in [3.8, 4) is 5.75 Å². The van der Waals surface area contributed by atoms with Crippen molar-refractivity contribution < 1.29 is 23.8 Å². The summed E-state index contributed by atoms with van der Waals surface area (Å²) in [5, 5.41) is 0. The van der Waals surface area contributed by atoms with E-state index < -0.39 is 28.9 Å². The molecule has 0 aromatic heterocycles. The molecule has 144 valence electrons. The Bertz CT molecular complexity index is 633. The first kappa shape index (κ1) is 21.7. The van der Waals surface area contributed by atoms with Gasteiger partial charge in [0.2, 0.25) is 0 Å². The lowest BCUT2D eigenvalue weighted by molar-refractivity contribution is -0.164. The van der Waals surface area contributed by atoms with Gasteiger partial charge in [0.15, 0.2) is 6.10 Å². The van der Waals surface area contributed by atoms with Gasteiger partial charge in [-0.15, -0.1) is 0 Å². The van der Waals surface area contributed by atoms with Gasteiger partial charge < -0.3 is 14.2 Å². The van der Waals surface area contributed by atoms with Crippen LogP contribution in [0.4, 0.5) is 0 Å². The summed E-state index contributed by atoms with van der Waals surface area (Å²) in [5.41, 5.74) is -1.36. The van der Waals surface area contributed by atoms with Gasteiger partial charge >= 0.3 is 11.9 Å². The fourth-order valence-electron chi connectivity index (χ4n) is 1.74. The maximum absolute atomic E-state index is 12.3. The van der Waals surface area contributed by atoms with E-state index in [1.807, 2.05) is 18.2 Å². The summed E-state index contributed by atoms with van der Waals surface area (Å²) in [4.78, 5) is 24.6. The highest BCUT2D eigenvalue weighted by Crippen LogP contribution is 2.23. The largest absolute Gasteiger partial charge is 0.489 e. The van der Waals surface area contributed by atoms with E-state index in [0.29, 0.717) is 5.75 Å². The Balaban J connectivity index is 2.97. The van der Waals surface area contributed by atoms with Gasteiger partial charge in [0, 0.05) is 0 Å². The van der Waals surface area contributed by atoms with Crippen molar-refractivity contribution >= 4 is 11.9 Å². The van der Waals surface area contributed by atoms with E-state index in [-0.39, 0.29) is 12.4 Å². The van der Waals surface area contributed by atoms with Crippen molar-refractivity contribution in [3.05, 3.63) is 42.2 Å². The van der Waals surface area contributed by atoms with Crippen LogP contribution in [0, 0.1) is 10.8 Å². The van der Waals surface area contributed by atoms with E-state index in [9.17, 15) is 9.59 Å². The van der Waals surface area contributed by atoms with E-state index in [2.05, 4.69) is 0 Å². The zero-order valence-electron chi connectivity index (χ0n) is 16.8. The second-order valence-electron chi connectivity index (χ2n) is 8.10. The molecular formula is C21H30O5. The van der Waals surface area contributed by atoms with E-state index in [1.165, 1.54) is 0 Å². The van der Waals surface area contributed by atoms with Crippen molar-refractivity contribution in [1.29, 1.82) is 0 Å². The maximum Gasteiger partial charge on any atom is 0.316 e. The Morgan fingerprint density at radius 2 is 1.50 bits per heavy atom. The second-order valence-corrected chi connectivity index (χ2v) is 8.10. The molecule has 0 spiro atoms. The van der Waals surface area contributed by atoms with Gasteiger partial charge in [-0.3, -0.25) is 9.59 Å². The number of ether oxygens (including phenoxy) is 3. The van der Waals surface area contributed by atoms with E-state index >= 15 is 0 Å². The molecule has 0 amide bonds. The number of hydrogen-bond donors (Lipinski definition) is 0. The third-order valence-electron chi connectivity index (χ3n) is 3.43. The molecule has 0 radical (unpaired) electrons. The molecule has 0 saturated heterocycles. The molecule has 0 aliphatic heterocycles.